The number of hydrogen-bond acceptors (Lipinski definition) is 3. The number of nitrogens with one attached hydrogen (secondary N) is 1. The molecule has 1 aliphatic carbocycles. The minimum atomic E-state index is -1.06. The first-order chi connectivity index (χ1) is 13.0. The van der Waals surface area contributed by atoms with Crippen molar-refractivity contribution in [2.24, 2.45) is 5.41 Å². The predicted molar refractivity (Wildman–Crippen MR) is 105 cm³/mol. The molecule has 0 radical (unpaired) electrons. The van der Waals surface area contributed by atoms with Gasteiger partial charge in [0, 0.05) is 29.1 Å². The number of rotatable bonds is 4. The number of hydrogen-bond donors (Lipinski definition) is 1. The van der Waals surface area contributed by atoms with Gasteiger partial charge in [0.25, 0.3) is 0 Å². The lowest BCUT2D eigenvalue weighted by Crippen LogP contribution is -2.53. The molecule has 4 rings (SSSR count). The van der Waals surface area contributed by atoms with Gasteiger partial charge in [-0.25, -0.2) is 4.79 Å². The third kappa shape index (κ3) is 2.59. The molecular weight excluding hydrogens is 364 g/mol. The highest BCUT2D eigenvalue weighted by atomic mass is 35.5. The van der Waals surface area contributed by atoms with E-state index in [1.165, 1.54) is 7.11 Å². The topological polar surface area (TPSA) is 62.4 Å². The third-order valence-corrected chi connectivity index (χ3v) is 6.87. The lowest BCUT2D eigenvalue weighted by Gasteiger charge is -2.36. The Kier molecular flexibility index (Phi) is 4.30. The monoisotopic (exact) mass is 386 g/mol. The first-order valence-corrected chi connectivity index (χ1v) is 9.67. The molecule has 1 aliphatic heterocycles. The molecule has 0 unspecified atom stereocenters. The van der Waals surface area contributed by atoms with Crippen molar-refractivity contribution in [1.82, 2.24) is 9.88 Å². The van der Waals surface area contributed by atoms with Gasteiger partial charge in [-0.2, -0.15) is 0 Å². The SMILES string of the molecule is CC[C@]12CN(C(=O)Cc3c[nH]c4ccccc34)[C@](C(=O)OC)(C=C[C@@H]1Cl)C2. The maximum atomic E-state index is 13.3. The Morgan fingerprint density at radius 2 is 2.15 bits per heavy atom. The summed E-state index contributed by atoms with van der Waals surface area (Å²) >= 11 is 6.59. The number of fused-ring (bicyclic) bond motifs is 3. The highest BCUT2D eigenvalue weighted by Gasteiger charge is 2.61. The van der Waals surface area contributed by atoms with Crippen LogP contribution in [0.5, 0.6) is 0 Å². The number of nitrogens with zero attached hydrogens (tertiary/aromatic N) is 1. The van der Waals surface area contributed by atoms with Gasteiger partial charge in [-0.15, -0.1) is 11.6 Å². The van der Waals surface area contributed by atoms with Gasteiger partial charge >= 0.3 is 5.97 Å². The number of benzene rings is 1. The van der Waals surface area contributed by atoms with Crippen molar-refractivity contribution >= 4 is 34.4 Å². The minimum Gasteiger partial charge on any atom is -0.467 e. The maximum absolute atomic E-state index is 13.3. The molecule has 0 saturated carbocycles. The number of aromatic nitrogens is 1. The van der Waals surface area contributed by atoms with Crippen molar-refractivity contribution in [2.45, 2.75) is 37.1 Å². The lowest BCUT2D eigenvalue weighted by atomic mass is 9.72. The van der Waals surface area contributed by atoms with Crippen LogP contribution in [0.25, 0.3) is 10.9 Å². The van der Waals surface area contributed by atoms with Gasteiger partial charge < -0.3 is 14.6 Å². The fourth-order valence-corrected chi connectivity index (χ4v) is 5.00. The molecular formula is C21H23ClN2O3. The zero-order valence-corrected chi connectivity index (χ0v) is 16.3. The average molecular weight is 387 g/mol. The number of ether oxygens (including phenoxy) is 1. The summed E-state index contributed by atoms with van der Waals surface area (Å²) in [4.78, 5) is 30.9. The summed E-state index contributed by atoms with van der Waals surface area (Å²) in [5.41, 5.74) is 0.558. The third-order valence-electron chi connectivity index (χ3n) is 6.26. The molecule has 2 aliphatic rings. The van der Waals surface area contributed by atoms with Gasteiger partial charge in [-0.3, -0.25) is 4.79 Å². The van der Waals surface area contributed by atoms with Crippen LogP contribution in [0.3, 0.4) is 0 Å². The van der Waals surface area contributed by atoms with Crippen LogP contribution >= 0.6 is 11.6 Å². The zero-order chi connectivity index (χ0) is 19.2. The molecule has 2 heterocycles. The molecule has 27 heavy (non-hydrogen) atoms. The summed E-state index contributed by atoms with van der Waals surface area (Å²) in [6.07, 6.45) is 7.01. The summed E-state index contributed by atoms with van der Waals surface area (Å²) in [5.74, 6) is -0.485. The fraction of sp³-hybridized carbons (Fsp3) is 0.429. The van der Waals surface area contributed by atoms with Crippen LogP contribution in [0, 0.1) is 5.41 Å². The average Bonchev–Trinajstić information content (AvgIpc) is 3.23. The molecule has 1 amide bonds. The van der Waals surface area contributed by atoms with E-state index in [1.54, 1.807) is 11.0 Å². The van der Waals surface area contributed by atoms with Crippen molar-refractivity contribution < 1.29 is 14.3 Å². The number of carbonyl (C=O) groups is 2. The van der Waals surface area contributed by atoms with E-state index >= 15 is 0 Å². The number of halogens is 1. The molecule has 2 aromatic rings. The Morgan fingerprint density at radius 1 is 1.37 bits per heavy atom. The molecule has 0 spiro atoms. The van der Waals surface area contributed by atoms with E-state index in [9.17, 15) is 9.59 Å². The van der Waals surface area contributed by atoms with Crippen molar-refractivity contribution in [3.63, 3.8) is 0 Å². The Bertz CT molecular complexity index is 936. The quantitative estimate of drug-likeness (QED) is 0.497. The van der Waals surface area contributed by atoms with Gasteiger partial charge in [0.05, 0.1) is 18.9 Å². The number of esters is 1. The maximum Gasteiger partial charge on any atom is 0.335 e. The smallest absolute Gasteiger partial charge is 0.335 e. The summed E-state index contributed by atoms with van der Waals surface area (Å²) < 4.78 is 5.09. The fourth-order valence-electron chi connectivity index (χ4n) is 4.63. The molecule has 142 valence electrons. The largest absolute Gasteiger partial charge is 0.467 e. The second-order valence-corrected chi connectivity index (χ2v) is 8.06. The van der Waals surface area contributed by atoms with Gasteiger partial charge in [0.2, 0.25) is 5.91 Å². The number of aromatic amines is 1. The number of H-pyrrole nitrogens is 1. The van der Waals surface area contributed by atoms with Gasteiger partial charge in [-0.1, -0.05) is 37.3 Å². The number of amides is 1. The highest BCUT2D eigenvalue weighted by molar-refractivity contribution is 6.22. The number of carbonyl (C=O) groups excluding carboxylic acids is 2. The molecule has 3 atom stereocenters. The van der Waals surface area contributed by atoms with Gasteiger partial charge in [0.1, 0.15) is 0 Å². The second kappa shape index (κ2) is 6.41. The number of likely N-dealkylation sites (tertiary alicyclic amines) is 1. The normalized spacial score (nSPS) is 29.3. The van der Waals surface area contributed by atoms with E-state index in [1.807, 2.05) is 36.5 Å². The molecule has 1 fully saturated rings. The molecule has 1 aromatic heterocycles. The van der Waals surface area contributed by atoms with E-state index in [0.29, 0.717) is 13.0 Å². The number of alkyl halides is 1. The second-order valence-electron chi connectivity index (χ2n) is 7.59. The number of methoxy groups -OCH3 is 1. The molecule has 1 saturated heterocycles. The number of allylic oxidation sites excluding steroid dienone is 1. The Labute approximate surface area is 163 Å². The van der Waals surface area contributed by atoms with Crippen molar-refractivity contribution in [3.05, 3.63) is 48.2 Å². The molecule has 6 heteroatoms. The van der Waals surface area contributed by atoms with Crippen LogP contribution in [0.4, 0.5) is 0 Å². The Hall–Kier alpha value is -2.27. The van der Waals surface area contributed by atoms with Crippen LogP contribution in [-0.2, 0) is 20.7 Å². The summed E-state index contributed by atoms with van der Waals surface area (Å²) in [6.45, 7) is 2.52. The van der Waals surface area contributed by atoms with E-state index in [0.717, 1.165) is 22.9 Å². The summed E-state index contributed by atoms with van der Waals surface area (Å²) in [7, 11) is 1.37. The van der Waals surface area contributed by atoms with Gasteiger partial charge in [0.15, 0.2) is 5.54 Å². The molecule has 1 aromatic carbocycles. The first-order valence-electron chi connectivity index (χ1n) is 9.23. The highest BCUT2D eigenvalue weighted by Crippen LogP contribution is 2.53. The molecule has 2 bridgehead atoms. The molecule has 1 N–H and O–H groups in total. The van der Waals surface area contributed by atoms with E-state index in [2.05, 4.69) is 11.9 Å². The Morgan fingerprint density at radius 3 is 2.89 bits per heavy atom. The molecule has 5 nitrogen and oxygen atoms in total. The van der Waals surface area contributed by atoms with Crippen LogP contribution in [-0.4, -0.2) is 46.3 Å². The number of para-hydroxylation sites is 1. The van der Waals surface area contributed by atoms with Crippen molar-refractivity contribution in [2.75, 3.05) is 13.7 Å². The van der Waals surface area contributed by atoms with Crippen LogP contribution in [0.15, 0.2) is 42.6 Å². The van der Waals surface area contributed by atoms with E-state index in [4.69, 9.17) is 16.3 Å². The van der Waals surface area contributed by atoms with Gasteiger partial charge in [-0.05, 0) is 24.5 Å². The first kappa shape index (κ1) is 18.1. The summed E-state index contributed by atoms with van der Waals surface area (Å²) in [5, 5.41) is 0.822. The van der Waals surface area contributed by atoms with Crippen LogP contribution < -0.4 is 0 Å². The van der Waals surface area contributed by atoms with Crippen molar-refractivity contribution in [1.29, 1.82) is 0 Å². The van der Waals surface area contributed by atoms with E-state index in [-0.39, 0.29) is 23.1 Å². The van der Waals surface area contributed by atoms with Crippen molar-refractivity contribution in [3.8, 4) is 0 Å². The van der Waals surface area contributed by atoms with Crippen LogP contribution in [0.2, 0.25) is 0 Å². The Balaban J connectivity index is 1.70. The zero-order valence-electron chi connectivity index (χ0n) is 15.5. The lowest BCUT2D eigenvalue weighted by molar-refractivity contribution is -0.155. The minimum absolute atomic E-state index is 0.0871. The standard InChI is InChI=1S/C21H23ClN2O3/c1-3-20-12-21(19(26)27-2,9-8-17(20)22)24(13-20)18(25)10-14-11-23-16-7-5-4-6-15(14)16/h4-9,11,17,23H,3,10,12-13H2,1-2H3/t17-,20-,21+/m0/s1. The predicted octanol–water partition coefficient (Wildman–Crippen LogP) is 3.43. The summed E-state index contributed by atoms with van der Waals surface area (Å²) in [6, 6.07) is 7.89. The van der Waals surface area contributed by atoms with Crippen LogP contribution in [0.1, 0.15) is 25.3 Å². The van der Waals surface area contributed by atoms with E-state index < -0.39 is 11.5 Å².